The number of anilines is 1. The molecular weight excluding hydrogens is 412 g/mol. The van der Waals surface area contributed by atoms with E-state index in [1.807, 2.05) is 44.3 Å². The number of carbonyl (C=O) groups excluding carboxylic acids is 1. The highest BCUT2D eigenvalue weighted by Crippen LogP contribution is 2.38. The third kappa shape index (κ3) is 3.82. The number of aromatic nitrogens is 3. The molecule has 0 spiro atoms. The molecule has 2 aromatic carbocycles. The normalized spacial score (nSPS) is 11.3. The standard InChI is InChI=1S/C22H20N6O2S/c1-13-18(21(30)28(27(13)3)17-7-5-4-6-8-17)19-20(31-22(23)24-19)26-25-16-11-9-15(10-12-16)14(2)29/h4-12H,1-3H3,(H2,23,24). The maximum atomic E-state index is 13.3. The minimum absolute atomic E-state index is 0.0183. The van der Waals surface area contributed by atoms with E-state index in [1.165, 1.54) is 6.92 Å². The second-order valence-electron chi connectivity index (χ2n) is 6.95. The molecular formula is C22H20N6O2S. The summed E-state index contributed by atoms with van der Waals surface area (Å²) in [5, 5.41) is 9.28. The van der Waals surface area contributed by atoms with Gasteiger partial charge in [-0.1, -0.05) is 29.5 Å². The molecule has 0 amide bonds. The Labute approximate surface area is 182 Å². The van der Waals surface area contributed by atoms with Crippen molar-refractivity contribution >= 4 is 32.9 Å². The van der Waals surface area contributed by atoms with Gasteiger partial charge in [0.25, 0.3) is 5.56 Å². The molecule has 0 atom stereocenters. The summed E-state index contributed by atoms with van der Waals surface area (Å²) in [6, 6.07) is 16.2. The number of benzene rings is 2. The average Bonchev–Trinajstić information content (AvgIpc) is 3.23. The van der Waals surface area contributed by atoms with Crippen LogP contribution < -0.4 is 11.3 Å². The van der Waals surface area contributed by atoms with Crippen LogP contribution in [0.25, 0.3) is 16.9 Å². The number of Topliss-reactive ketones (excluding diaryl/α,β-unsaturated/α-hetero) is 1. The van der Waals surface area contributed by atoms with Gasteiger partial charge in [-0.15, -0.1) is 10.2 Å². The first-order valence-corrected chi connectivity index (χ1v) is 10.3. The number of hydrogen-bond acceptors (Lipinski definition) is 7. The van der Waals surface area contributed by atoms with E-state index in [2.05, 4.69) is 15.2 Å². The van der Waals surface area contributed by atoms with Crippen LogP contribution in [0.4, 0.5) is 15.8 Å². The molecule has 4 rings (SSSR count). The number of nitrogens with two attached hydrogens (primary N) is 1. The van der Waals surface area contributed by atoms with Gasteiger partial charge >= 0.3 is 0 Å². The van der Waals surface area contributed by atoms with Gasteiger partial charge in [-0.05, 0) is 50.2 Å². The summed E-state index contributed by atoms with van der Waals surface area (Å²) < 4.78 is 3.37. The summed E-state index contributed by atoms with van der Waals surface area (Å²) in [5.41, 5.74) is 9.24. The highest BCUT2D eigenvalue weighted by Gasteiger charge is 2.23. The van der Waals surface area contributed by atoms with Crippen molar-refractivity contribution in [3.8, 4) is 16.9 Å². The monoisotopic (exact) mass is 432 g/mol. The summed E-state index contributed by atoms with van der Waals surface area (Å²) in [7, 11) is 1.82. The Kier molecular flexibility index (Phi) is 5.35. The number of ketones is 1. The molecule has 0 saturated heterocycles. The highest BCUT2D eigenvalue weighted by molar-refractivity contribution is 7.19. The molecule has 31 heavy (non-hydrogen) atoms. The predicted octanol–water partition coefficient (Wildman–Crippen LogP) is 4.81. The highest BCUT2D eigenvalue weighted by atomic mass is 32.1. The van der Waals surface area contributed by atoms with Gasteiger partial charge in [0.05, 0.1) is 16.9 Å². The zero-order valence-electron chi connectivity index (χ0n) is 17.2. The zero-order valence-corrected chi connectivity index (χ0v) is 18.1. The molecule has 0 aliphatic carbocycles. The van der Waals surface area contributed by atoms with Crippen LogP contribution in [-0.4, -0.2) is 20.1 Å². The third-order valence-electron chi connectivity index (χ3n) is 4.95. The summed E-state index contributed by atoms with van der Waals surface area (Å²) in [6.45, 7) is 3.36. The Morgan fingerprint density at radius 2 is 1.74 bits per heavy atom. The quantitative estimate of drug-likeness (QED) is 0.361. The molecule has 0 unspecified atom stereocenters. The number of nitrogen functional groups attached to an aromatic ring is 1. The van der Waals surface area contributed by atoms with Crippen molar-refractivity contribution in [2.45, 2.75) is 13.8 Å². The number of rotatable bonds is 5. The fourth-order valence-corrected chi connectivity index (χ4v) is 3.93. The van der Waals surface area contributed by atoms with E-state index < -0.39 is 0 Å². The van der Waals surface area contributed by atoms with E-state index in [4.69, 9.17) is 5.73 Å². The first-order chi connectivity index (χ1) is 14.9. The Hall–Kier alpha value is -3.85. The number of carbonyl (C=O) groups is 1. The molecule has 0 radical (unpaired) electrons. The largest absolute Gasteiger partial charge is 0.375 e. The second kappa shape index (κ2) is 8.11. The molecule has 0 aliphatic rings. The van der Waals surface area contributed by atoms with Crippen molar-refractivity contribution in [2.24, 2.45) is 17.3 Å². The van der Waals surface area contributed by atoms with Crippen LogP contribution in [-0.2, 0) is 7.05 Å². The summed E-state index contributed by atoms with van der Waals surface area (Å²) >= 11 is 1.16. The molecule has 2 N–H and O–H groups in total. The van der Waals surface area contributed by atoms with Gasteiger partial charge in [0.2, 0.25) is 0 Å². The van der Waals surface area contributed by atoms with Crippen molar-refractivity contribution < 1.29 is 4.79 Å². The van der Waals surface area contributed by atoms with Crippen LogP contribution in [0.1, 0.15) is 23.0 Å². The van der Waals surface area contributed by atoms with Crippen LogP contribution >= 0.6 is 11.3 Å². The predicted molar refractivity (Wildman–Crippen MR) is 122 cm³/mol. The Morgan fingerprint density at radius 1 is 1.06 bits per heavy atom. The van der Waals surface area contributed by atoms with Crippen LogP contribution in [0.2, 0.25) is 0 Å². The fourth-order valence-electron chi connectivity index (χ4n) is 3.27. The first-order valence-electron chi connectivity index (χ1n) is 9.50. The Morgan fingerprint density at radius 3 is 2.39 bits per heavy atom. The van der Waals surface area contributed by atoms with Crippen molar-refractivity contribution in [3.63, 3.8) is 0 Å². The maximum Gasteiger partial charge on any atom is 0.281 e. The minimum atomic E-state index is -0.209. The van der Waals surface area contributed by atoms with E-state index in [-0.39, 0.29) is 11.3 Å². The molecule has 9 heteroatoms. The number of azo groups is 1. The smallest absolute Gasteiger partial charge is 0.281 e. The zero-order chi connectivity index (χ0) is 22.1. The van der Waals surface area contributed by atoms with Gasteiger partial charge in [-0.2, -0.15) is 0 Å². The third-order valence-corrected chi connectivity index (χ3v) is 5.72. The summed E-state index contributed by atoms with van der Waals surface area (Å²) in [6.07, 6.45) is 0. The first kappa shape index (κ1) is 20.4. The van der Waals surface area contributed by atoms with Crippen molar-refractivity contribution in [1.82, 2.24) is 14.3 Å². The van der Waals surface area contributed by atoms with E-state index in [9.17, 15) is 9.59 Å². The molecule has 0 bridgehead atoms. The van der Waals surface area contributed by atoms with Gasteiger partial charge in [-0.25, -0.2) is 9.67 Å². The van der Waals surface area contributed by atoms with Gasteiger partial charge in [0.15, 0.2) is 15.9 Å². The van der Waals surface area contributed by atoms with E-state index in [1.54, 1.807) is 33.6 Å². The molecule has 0 fully saturated rings. The maximum absolute atomic E-state index is 13.3. The number of para-hydroxylation sites is 1. The van der Waals surface area contributed by atoms with Crippen molar-refractivity contribution in [2.75, 3.05) is 5.73 Å². The van der Waals surface area contributed by atoms with E-state index in [0.717, 1.165) is 22.7 Å². The molecule has 156 valence electrons. The van der Waals surface area contributed by atoms with Crippen molar-refractivity contribution in [1.29, 1.82) is 0 Å². The Bertz CT molecular complexity index is 1350. The lowest BCUT2D eigenvalue weighted by Gasteiger charge is -2.07. The average molecular weight is 433 g/mol. The van der Waals surface area contributed by atoms with Gasteiger partial charge in [-0.3, -0.25) is 14.3 Å². The SMILES string of the molecule is CC(=O)c1ccc(N=Nc2sc(N)nc2-c2c(C)n(C)n(-c3ccccc3)c2=O)cc1. The molecule has 2 aromatic heterocycles. The molecule has 8 nitrogen and oxygen atoms in total. The number of nitrogens with zero attached hydrogens (tertiary/aromatic N) is 5. The van der Waals surface area contributed by atoms with E-state index >= 15 is 0 Å². The van der Waals surface area contributed by atoms with Gasteiger partial charge in [0.1, 0.15) is 5.69 Å². The molecule has 2 heterocycles. The lowest BCUT2D eigenvalue weighted by Crippen LogP contribution is -2.20. The van der Waals surface area contributed by atoms with Gasteiger partial charge < -0.3 is 5.73 Å². The van der Waals surface area contributed by atoms with Crippen LogP contribution in [0.5, 0.6) is 0 Å². The van der Waals surface area contributed by atoms with Gasteiger partial charge in [0, 0.05) is 18.3 Å². The second-order valence-corrected chi connectivity index (χ2v) is 7.95. The molecule has 0 saturated carbocycles. The summed E-state index contributed by atoms with van der Waals surface area (Å²) in [5.74, 6) is -0.0183. The number of thiazole rings is 1. The van der Waals surface area contributed by atoms with Crippen molar-refractivity contribution in [3.05, 3.63) is 76.2 Å². The summed E-state index contributed by atoms with van der Waals surface area (Å²) in [4.78, 5) is 29.1. The molecule has 4 aromatic rings. The Balaban J connectivity index is 1.78. The van der Waals surface area contributed by atoms with Crippen LogP contribution in [0, 0.1) is 6.92 Å². The number of hydrogen-bond donors (Lipinski definition) is 1. The fraction of sp³-hybridized carbons (Fsp3) is 0.136. The lowest BCUT2D eigenvalue weighted by molar-refractivity contribution is 0.101. The minimum Gasteiger partial charge on any atom is -0.375 e. The van der Waals surface area contributed by atoms with Crippen LogP contribution in [0.3, 0.4) is 0 Å². The van der Waals surface area contributed by atoms with E-state index in [0.29, 0.717) is 32.6 Å². The topological polar surface area (TPSA) is 108 Å². The lowest BCUT2D eigenvalue weighted by atomic mass is 10.1. The van der Waals surface area contributed by atoms with Crippen LogP contribution in [0.15, 0.2) is 69.6 Å². The molecule has 0 aliphatic heterocycles.